The van der Waals surface area contributed by atoms with Crippen LogP contribution in [0, 0.1) is 0 Å². The highest BCUT2D eigenvalue weighted by molar-refractivity contribution is 5.53. The van der Waals surface area contributed by atoms with Gasteiger partial charge in [0.05, 0.1) is 6.10 Å². The van der Waals surface area contributed by atoms with E-state index in [1.165, 1.54) is 0 Å². The number of allylic oxidation sites excluding steroid dienone is 12. The van der Waals surface area contributed by atoms with Crippen molar-refractivity contribution in [1.82, 2.24) is 0 Å². The Morgan fingerprint density at radius 1 is 0.800 bits per heavy atom. The molecule has 0 heterocycles. The summed E-state index contributed by atoms with van der Waals surface area (Å²) in [6.45, 7) is 1.77. The zero-order valence-electron chi connectivity index (χ0n) is 14.6. The fourth-order valence-electron chi connectivity index (χ4n) is 1.79. The van der Waals surface area contributed by atoms with Crippen molar-refractivity contribution in [3.8, 4) is 5.75 Å². The number of hydrogen-bond donors (Lipinski definition) is 2. The molecule has 2 heteroatoms. The van der Waals surface area contributed by atoms with E-state index >= 15 is 0 Å². The zero-order chi connectivity index (χ0) is 18.2. The summed E-state index contributed by atoms with van der Waals surface area (Å²) in [4.78, 5) is 0. The van der Waals surface area contributed by atoms with Gasteiger partial charge in [-0.05, 0) is 31.0 Å². The second kappa shape index (κ2) is 13.6. The number of hydrogen-bond acceptors (Lipinski definition) is 2. The van der Waals surface area contributed by atoms with Gasteiger partial charge in [-0.25, -0.2) is 0 Å². The van der Waals surface area contributed by atoms with Crippen molar-refractivity contribution < 1.29 is 10.2 Å². The van der Waals surface area contributed by atoms with Crippen LogP contribution >= 0.6 is 0 Å². The second-order valence-electron chi connectivity index (χ2n) is 5.39. The topological polar surface area (TPSA) is 40.5 Å². The molecule has 1 aromatic rings. The molecule has 0 saturated carbocycles. The Morgan fingerprint density at radius 3 is 1.84 bits per heavy atom. The number of rotatable bonds is 9. The van der Waals surface area contributed by atoms with Crippen molar-refractivity contribution in [1.29, 1.82) is 0 Å². The summed E-state index contributed by atoms with van der Waals surface area (Å²) < 4.78 is 0. The Labute approximate surface area is 150 Å². The van der Waals surface area contributed by atoms with Crippen molar-refractivity contribution in [2.24, 2.45) is 0 Å². The largest absolute Gasteiger partial charge is 0.508 e. The van der Waals surface area contributed by atoms with Gasteiger partial charge in [0.25, 0.3) is 0 Å². The van der Waals surface area contributed by atoms with Crippen LogP contribution in [-0.4, -0.2) is 16.3 Å². The highest BCUT2D eigenvalue weighted by Gasteiger charge is 1.87. The number of aliphatic hydroxyl groups is 1. The van der Waals surface area contributed by atoms with Crippen LogP contribution in [0.1, 0.15) is 18.9 Å². The zero-order valence-corrected chi connectivity index (χ0v) is 14.6. The highest BCUT2D eigenvalue weighted by atomic mass is 16.3. The third kappa shape index (κ3) is 12.3. The molecular weight excluding hydrogens is 308 g/mol. The third-order valence-corrected chi connectivity index (χ3v) is 2.99. The Kier molecular flexibility index (Phi) is 11.0. The van der Waals surface area contributed by atoms with Crippen LogP contribution < -0.4 is 0 Å². The van der Waals surface area contributed by atoms with E-state index in [1.807, 2.05) is 97.2 Å². The molecule has 2 nitrogen and oxygen atoms in total. The molecule has 0 spiro atoms. The minimum Gasteiger partial charge on any atom is -0.508 e. The van der Waals surface area contributed by atoms with Gasteiger partial charge in [0.1, 0.15) is 5.75 Å². The van der Waals surface area contributed by atoms with Crippen molar-refractivity contribution in [3.63, 3.8) is 0 Å². The lowest BCUT2D eigenvalue weighted by atomic mass is 10.2. The third-order valence-electron chi connectivity index (χ3n) is 2.99. The van der Waals surface area contributed by atoms with E-state index < -0.39 is 0 Å². The standard InChI is InChI=1S/C23H26O2/c1-21(24)16-13-11-9-7-5-3-2-4-6-8-10-12-14-17-22-18-15-19-23(25)20-22/h2-15,17-21,24-25H,16H2,1H3/b4-2+,5-3+,8-6+,9-7+,12-10+,13-11+,17-14+. The lowest BCUT2D eigenvalue weighted by Crippen LogP contribution is -1.94. The first-order valence-corrected chi connectivity index (χ1v) is 8.32. The van der Waals surface area contributed by atoms with Crippen molar-refractivity contribution >= 4 is 6.08 Å². The second-order valence-corrected chi connectivity index (χ2v) is 5.39. The van der Waals surface area contributed by atoms with E-state index in [0.717, 1.165) is 5.56 Å². The van der Waals surface area contributed by atoms with Crippen molar-refractivity contribution in [2.75, 3.05) is 0 Å². The van der Waals surface area contributed by atoms with E-state index in [4.69, 9.17) is 5.11 Å². The van der Waals surface area contributed by atoms with Gasteiger partial charge in [0, 0.05) is 0 Å². The quantitative estimate of drug-likeness (QED) is 0.584. The summed E-state index contributed by atoms with van der Waals surface area (Å²) in [6, 6.07) is 7.12. The van der Waals surface area contributed by atoms with Crippen LogP contribution in [-0.2, 0) is 0 Å². The summed E-state index contributed by atoms with van der Waals surface area (Å²) in [7, 11) is 0. The highest BCUT2D eigenvalue weighted by Crippen LogP contribution is 2.11. The molecule has 2 N–H and O–H groups in total. The maximum Gasteiger partial charge on any atom is 0.116 e. The average Bonchev–Trinajstić information content (AvgIpc) is 2.58. The molecular formula is C23H26O2. The Morgan fingerprint density at radius 2 is 1.32 bits per heavy atom. The van der Waals surface area contributed by atoms with E-state index in [9.17, 15) is 5.11 Å². The molecule has 1 rings (SSSR count). The van der Waals surface area contributed by atoms with Gasteiger partial charge in [-0.3, -0.25) is 0 Å². The predicted octanol–water partition coefficient (Wildman–Crippen LogP) is 5.51. The summed E-state index contributed by atoms with van der Waals surface area (Å²) in [5, 5.41) is 18.4. The van der Waals surface area contributed by atoms with Gasteiger partial charge in [-0.1, -0.05) is 97.2 Å². The van der Waals surface area contributed by atoms with E-state index in [2.05, 4.69) is 0 Å². The smallest absolute Gasteiger partial charge is 0.116 e. The van der Waals surface area contributed by atoms with Crippen LogP contribution in [0.4, 0.5) is 0 Å². The minimum absolute atomic E-state index is 0.273. The van der Waals surface area contributed by atoms with E-state index in [0.29, 0.717) is 6.42 Å². The van der Waals surface area contributed by atoms with E-state index in [1.54, 1.807) is 19.1 Å². The molecule has 0 fully saturated rings. The summed E-state index contributed by atoms with van der Waals surface area (Å²) in [5.41, 5.74) is 0.965. The van der Waals surface area contributed by atoms with Gasteiger partial charge >= 0.3 is 0 Å². The molecule has 0 bridgehead atoms. The van der Waals surface area contributed by atoms with Crippen LogP contribution in [0.15, 0.2) is 103 Å². The summed E-state index contributed by atoms with van der Waals surface area (Å²) >= 11 is 0. The molecule has 0 aromatic heterocycles. The molecule has 0 aliphatic rings. The normalized spacial score (nSPS) is 14.6. The number of benzene rings is 1. The maximum atomic E-state index is 9.36. The lowest BCUT2D eigenvalue weighted by Gasteiger charge is -1.93. The first kappa shape index (κ1) is 20.2. The molecule has 0 aliphatic heterocycles. The first-order chi connectivity index (χ1) is 12.2. The van der Waals surface area contributed by atoms with Crippen LogP contribution in [0.3, 0.4) is 0 Å². The maximum absolute atomic E-state index is 9.36. The molecule has 1 aromatic carbocycles. The number of phenolic OH excluding ortho intramolecular Hbond substituents is 1. The van der Waals surface area contributed by atoms with Gasteiger partial charge in [0.15, 0.2) is 0 Å². The number of phenols is 1. The fraction of sp³-hybridized carbons (Fsp3) is 0.130. The van der Waals surface area contributed by atoms with Gasteiger partial charge in [-0.2, -0.15) is 0 Å². The Balaban J connectivity index is 2.24. The molecule has 0 saturated heterocycles. The van der Waals surface area contributed by atoms with Gasteiger partial charge in [-0.15, -0.1) is 0 Å². The molecule has 1 unspecified atom stereocenters. The number of aromatic hydroxyl groups is 1. The summed E-state index contributed by atoms with van der Waals surface area (Å²) in [5.74, 6) is 0.273. The first-order valence-electron chi connectivity index (χ1n) is 8.32. The molecule has 0 aliphatic carbocycles. The summed E-state index contributed by atoms with van der Waals surface area (Å²) in [6.07, 6.45) is 27.6. The predicted molar refractivity (Wildman–Crippen MR) is 108 cm³/mol. The Bertz CT molecular complexity index is 684. The van der Waals surface area contributed by atoms with Gasteiger partial charge in [0.2, 0.25) is 0 Å². The molecule has 25 heavy (non-hydrogen) atoms. The monoisotopic (exact) mass is 334 g/mol. The number of aliphatic hydroxyl groups excluding tert-OH is 1. The SMILES string of the molecule is CC(O)C/C=C/C=C/C=C/C=C/C=C/C=C/C=C/c1cccc(O)c1. The lowest BCUT2D eigenvalue weighted by molar-refractivity contribution is 0.198. The molecule has 0 amide bonds. The van der Waals surface area contributed by atoms with Gasteiger partial charge < -0.3 is 10.2 Å². The van der Waals surface area contributed by atoms with Crippen molar-refractivity contribution in [3.05, 3.63) is 109 Å². The Hall–Kier alpha value is -2.84. The van der Waals surface area contributed by atoms with Crippen LogP contribution in [0.2, 0.25) is 0 Å². The van der Waals surface area contributed by atoms with Crippen molar-refractivity contribution in [2.45, 2.75) is 19.4 Å². The van der Waals surface area contributed by atoms with Crippen LogP contribution in [0.25, 0.3) is 6.08 Å². The fourth-order valence-corrected chi connectivity index (χ4v) is 1.79. The molecule has 0 radical (unpaired) electrons. The molecule has 1 atom stereocenters. The van der Waals surface area contributed by atoms with E-state index in [-0.39, 0.29) is 11.9 Å². The van der Waals surface area contributed by atoms with Crippen LogP contribution in [0.5, 0.6) is 5.75 Å². The average molecular weight is 334 g/mol. The molecule has 130 valence electrons. The minimum atomic E-state index is -0.286.